The zero-order chi connectivity index (χ0) is 28.1. The zero-order valence-electron chi connectivity index (χ0n) is 21.7. The van der Waals surface area contributed by atoms with Crippen LogP contribution < -0.4 is 14.4 Å². The van der Waals surface area contributed by atoms with E-state index in [4.69, 9.17) is 9.15 Å². The average molecular weight is 552 g/mol. The van der Waals surface area contributed by atoms with E-state index in [1.807, 2.05) is 0 Å². The van der Waals surface area contributed by atoms with Gasteiger partial charge in [0.15, 0.2) is 0 Å². The van der Waals surface area contributed by atoms with E-state index >= 15 is 0 Å². The van der Waals surface area contributed by atoms with E-state index in [-0.39, 0.29) is 29.7 Å². The molecule has 2 heterocycles. The molecule has 1 N–H and O–H groups in total. The van der Waals surface area contributed by atoms with Crippen molar-refractivity contribution in [3.8, 4) is 22.8 Å². The van der Waals surface area contributed by atoms with Gasteiger partial charge in [0.25, 0.3) is 5.91 Å². The Labute approximate surface area is 224 Å². The van der Waals surface area contributed by atoms with E-state index in [2.05, 4.69) is 5.32 Å². The van der Waals surface area contributed by atoms with Crippen LogP contribution in [0.25, 0.3) is 22.3 Å². The summed E-state index contributed by atoms with van der Waals surface area (Å²) in [6, 6.07) is 15.3. The van der Waals surface area contributed by atoms with Gasteiger partial charge in [-0.15, -0.1) is 0 Å². The molecular weight excluding hydrogens is 525 g/mol. The van der Waals surface area contributed by atoms with E-state index in [0.29, 0.717) is 45.0 Å². The minimum Gasteiger partial charge on any atom is -0.457 e. The van der Waals surface area contributed by atoms with Crippen LogP contribution in [0.1, 0.15) is 28.9 Å². The van der Waals surface area contributed by atoms with Crippen LogP contribution in [0.4, 0.5) is 10.1 Å². The Hall–Kier alpha value is -4.38. The predicted molar refractivity (Wildman–Crippen MR) is 145 cm³/mol. The van der Waals surface area contributed by atoms with Gasteiger partial charge in [-0.3, -0.25) is 13.9 Å². The Bertz CT molecular complexity index is 1700. The van der Waals surface area contributed by atoms with Gasteiger partial charge in [0, 0.05) is 31.1 Å². The normalized spacial score (nSPS) is 15.7. The largest absolute Gasteiger partial charge is 0.457 e. The number of sulfonamides is 1. The van der Waals surface area contributed by atoms with Crippen molar-refractivity contribution in [3.63, 3.8) is 0 Å². The Morgan fingerprint density at radius 3 is 2.28 bits per heavy atom. The van der Waals surface area contributed by atoms with Crippen molar-refractivity contribution < 1.29 is 31.6 Å². The molecular formula is C28H26FN3O6S. The fourth-order valence-electron chi connectivity index (χ4n) is 4.61. The number of furan rings is 1. The van der Waals surface area contributed by atoms with Crippen molar-refractivity contribution >= 4 is 38.5 Å². The van der Waals surface area contributed by atoms with Gasteiger partial charge in [0.05, 0.1) is 23.5 Å². The van der Waals surface area contributed by atoms with Gasteiger partial charge < -0.3 is 19.4 Å². The summed E-state index contributed by atoms with van der Waals surface area (Å²) in [7, 11) is -0.668. The maximum atomic E-state index is 13.2. The lowest BCUT2D eigenvalue weighted by molar-refractivity contribution is -0.129. The smallest absolute Gasteiger partial charge is 0.255 e. The van der Waals surface area contributed by atoms with Crippen molar-refractivity contribution in [1.29, 1.82) is 0 Å². The highest BCUT2D eigenvalue weighted by molar-refractivity contribution is 7.92. The van der Waals surface area contributed by atoms with Crippen molar-refractivity contribution in [2.75, 3.05) is 31.2 Å². The first-order valence-corrected chi connectivity index (χ1v) is 13.9. The quantitative estimate of drug-likeness (QED) is 0.386. The van der Waals surface area contributed by atoms with Gasteiger partial charge in [0.1, 0.15) is 35.2 Å². The molecule has 39 heavy (non-hydrogen) atoms. The monoisotopic (exact) mass is 551 g/mol. The number of rotatable bonds is 5. The van der Waals surface area contributed by atoms with Gasteiger partial charge in [-0.25, -0.2) is 12.8 Å². The van der Waals surface area contributed by atoms with E-state index in [9.17, 15) is 22.4 Å². The molecule has 1 unspecified atom stereocenters. The molecule has 1 aliphatic rings. The standard InChI is InChI=1S/C28H26FN3O6S/c1-16-21-13-22-24(14-23(21)32(39(4,35)36)15-25(33)31(16)3)38-27(26(22)28(34)30-2)17-5-9-19(10-6-17)37-20-11-7-18(29)8-12-20/h5-14,16H,15H2,1-4H3,(H,30,34). The summed E-state index contributed by atoms with van der Waals surface area (Å²) >= 11 is 0. The van der Waals surface area contributed by atoms with Crippen LogP contribution >= 0.6 is 0 Å². The summed E-state index contributed by atoms with van der Waals surface area (Å²) in [5.41, 5.74) is 2.06. The first kappa shape index (κ1) is 26.2. The Kier molecular flexibility index (Phi) is 6.55. The topological polar surface area (TPSA) is 109 Å². The number of halogens is 1. The minimum atomic E-state index is -3.79. The molecule has 0 saturated carbocycles. The van der Waals surface area contributed by atoms with Crippen molar-refractivity contribution in [2.45, 2.75) is 13.0 Å². The van der Waals surface area contributed by atoms with Crippen molar-refractivity contribution in [3.05, 3.63) is 77.6 Å². The number of nitrogens with one attached hydrogen (secondary N) is 1. The SMILES string of the molecule is CNC(=O)c1c(-c2ccc(Oc3ccc(F)cc3)cc2)oc2cc3c(cc12)C(C)N(C)C(=O)CN3S(C)(=O)=O. The van der Waals surface area contributed by atoms with E-state index < -0.39 is 16.1 Å². The minimum absolute atomic E-state index is 0.277. The van der Waals surface area contributed by atoms with Crippen LogP contribution in [-0.4, -0.2) is 52.0 Å². The number of ether oxygens (including phenoxy) is 1. The average Bonchev–Trinajstić information content (AvgIpc) is 3.25. The summed E-state index contributed by atoms with van der Waals surface area (Å²) in [5.74, 6) is 0.153. The first-order chi connectivity index (χ1) is 18.5. The fourth-order valence-corrected chi connectivity index (χ4v) is 5.47. The number of hydrogen-bond acceptors (Lipinski definition) is 6. The van der Waals surface area contributed by atoms with E-state index in [0.717, 1.165) is 10.6 Å². The molecule has 2 amide bonds. The molecule has 9 nitrogen and oxygen atoms in total. The number of likely N-dealkylation sites (N-methyl/N-ethyl adjacent to an activating group) is 1. The lowest BCUT2D eigenvalue weighted by Crippen LogP contribution is -2.38. The highest BCUT2D eigenvalue weighted by Gasteiger charge is 2.34. The Balaban J connectivity index is 1.64. The molecule has 3 aromatic carbocycles. The molecule has 0 radical (unpaired) electrons. The number of amides is 2. The van der Waals surface area contributed by atoms with Gasteiger partial charge in [-0.1, -0.05) is 0 Å². The molecule has 0 spiro atoms. The van der Waals surface area contributed by atoms with Crippen LogP contribution in [0.15, 0.2) is 65.1 Å². The second kappa shape index (κ2) is 9.73. The summed E-state index contributed by atoms with van der Waals surface area (Å²) < 4.78 is 51.5. The van der Waals surface area contributed by atoms with Gasteiger partial charge in [0.2, 0.25) is 15.9 Å². The molecule has 0 saturated heterocycles. The summed E-state index contributed by atoms with van der Waals surface area (Å²) in [6.07, 6.45) is 1.04. The van der Waals surface area contributed by atoms with Crippen molar-refractivity contribution in [1.82, 2.24) is 10.2 Å². The third-order valence-corrected chi connectivity index (χ3v) is 7.96. The van der Waals surface area contributed by atoms with Gasteiger partial charge in [-0.05, 0) is 67.1 Å². The second-order valence-electron chi connectivity index (χ2n) is 9.32. The van der Waals surface area contributed by atoms with Crippen LogP contribution in [0.2, 0.25) is 0 Å². The number of fused-ring (bicyclic) bond motifs is 2. The van der Waals surface area contributed by atoms with Crippen LogP contribution in [0.5, 0.6) is 11.5 Å². The number of benzene rings is 3. The molecule has 0 aliphatic carbocycles. The summed E-state index contributed by atoms with van der Waals surface area (Å²) in [5, 5.41) is 3.13. The molecule has 5 rings (SSSR count). The zero-order valence-corrected chi connectivity index (χ0v) is 22.5. The van der Waals surface area contributed by atoms with Gasteiger partial charge >= 0.3 is 0 Å². The lowest BCUT2D eigenvalue weighted by atomic mass is 9.99. The predicted octanol–water partition coefficient (Wildman–Crippen LogP) is 4.69. The Morgan fingerprint density at radius 1 is 1.08 bits per heavy atom. The lowest BCUT2D eigenvalue weighted by Gasteiger charge is -2.23. The molecule has 0 bridgehead atoms. The molecule has 4 aromatic rings. The highest BCUT2D eigenvalue weighted by atomic mass is 32.2. The fraction of sp³-hybridized carbons (Fsp3) is 0.214. The van der Waals surface area contributed by atoms with Crippen molar-refractivity contribution in [2.24, 2.45) is 0 Å². The highest BCUT2D eigenvalue weighted by Crippen LogP contribution is 2.42. The number of nitrogens with zero attached hydrogens (tertiary/aromatic N) is 2. The van der Waals surface area contributed by atoms with Crippen LogP contribution in [0.3, 0.4) is 0 Å². The van der Waals surface area contributed by atoms with Gasteiger partial charge in [-0.2, -0.15) is 0 Å². The van der Waals surface area contributed by atoms with E-state index in [1.165, 1.54) is 36.2 Å². The number of anilines is 1. The number of hydrogen-bond donors (Lipinski definition) is 1. The summed E-state index contributed by atoms with van der Waals surface area (Å²) in [4.78, 5) is 27.3. The van der Waals surface area contributed by atoms with E-state index in [1.54, 1.807) is 50.4 Å². The molecule has 1 aliphatic heterocycles. The third-order valence-electron chi connectivity index (χ3n) is 6.83. The van der Waals surface area contributed by atoms with Crippen LogP contribution in [0, 0.1) is 5.82 Å². The molecule has 11 heteroatoms. The molecule has 1 atom stereocenters. The maximum absolute atomic E-state index is 13.2. The molecule has 1 aromatic heterocycles. The molecule has 0 fully saturated rings. The summed E-state index contributed by atoms with van der Waals surface area (Å²) in [6.45, 7) is 1.46. The number of carbonyl (C=O) groups excluding carboxylic acids is 2. The second-order valence-corrected chi connectivity index (χ2v) is 11.2. The third kappa shape index (κ3) is 4.81. The number of carbonyl (C=O) groups is 2. The Morgan fingerprint density at radius 2 is 1.69 bits per heavy atom. The first-order valence-electron chi connectivity index (χ1n) is 12.1. The maximum Gasteiger partial charge on any atom is 0.255 e. The molecule has 202 valence electrons. The van der Waals surface area contributed by atoms with Crippen LogP contribution in [-0.2, 0) is 14.8 Å².